The van der Waals surface area contributed by atoms with Crippen molar-refractivity contribution in [3.63, 3.8) is 0 Å². The van der Waals surface area contributed by atoms with E-state index in [-0.39, 0.29) is 6.42 Å². The predicted molar refractivity (Wildman–Crippen MR) is 33.2 cm³/mol. The van der Waals surface area contributed by atoms with E-state index in [1.807, 2.05) is 0 Å². The Morgan fingerprint density at radius 2 is 2.09 bits per heavy atom. The molecule has 5 heteroatoms. The highest BCUT2D eigenvalue weighted by Crippen LogP contribution is 2.39. The van der Waals surface area contributed by atoms with Crippen LogP contribution in [0.25, 0.3) is 0 Å². The average Bonchev–Trinajstić information content (AvgIpc) is 2.62. The summed E-state index contributed by atoms with van der Waals surface area (Å²) >= 11 is 0. The Bertz CT molecular complexity index is 211. The van der Waals surface area contributed by atoms with Crippen LogP contribution in [0.1, 0.15) is 13.3 Å². The molecule has 62 valence electrons. The predicted octanol–water partition coefficient (Wildman–Crippen LogP) is -0.297. The van der Waals surface area contributed by atoms with Gasteiger partial charge >= 0.3 is 11.9 Å². The van der Waals surface area contributed by atoms with Gasteiger partial charge in [-0.25, -0.2) is 9.59 Å². The number of hydrogen-bond acceptors (Lipinski definition) is 3. The van der Waals surface area contributed by atoms with Crippen LogP contribution >= 0.6 is 0 Å². The Labute approximate surface area is 62.6 Å². The molecule has 1 aliphatic rings. The van der Waals surface area contributed by atoms with E-state index in [1.54, 1.807) is 6.92 Å². The molecule has 0 aromatic carbocycles. The van der Waals surface area contributed by atoms with Crippen LogP contribution in [0.4, 0.5) is 0 Å². The lowest BCUT2D eigenvalue weighted by atomic mass is 10.0. The maximum Gasteiger partial charge on any atom is 0.339 e. The van der Waals surface area contributed by atoms with E-state index in [0.29, 0.717) is 0 Å². The number of carboxylic acids is 2. The Morgan fingerprint density at radius 3 is 2.18 bits per heavy atom. The molecule has 1 saturated heterocycles. The van der Waals surface area contributed by atoms with Crippen molar-refractivity contribution in [1.82, 2.24) is 0 Å². The fourth-order valence-electron chi connectivity index (χ4n) is 1.01. The molecular weight excluding hydrogens is 152 g/mol. The molecule has 11 heavy (non-hydrogen) atoms. The van der Waals surface area contributed by atoms with Crippen molar-refractivity contribution < 1.29 is 24.5 Å². The van der Waals surface area contributed by atoms with E-state index in [0.717, 1.165) is 0 Å². The molecule has 0 amide bonds. The summed E-state index contributed by atoms with van der Waals surface area (Å²) < 4.78 is 4.58. The molecule has 0 spiro atoms. The topological polar surface area (TPSA) is 87.1 Å². The minimum atomic E-state index is -1.45. The van der Waals surface area contributed by atoms with Gasteiger partial charge in [-0.15, -0.1) is 0 Å². The summed E-state index contributed by atoms with van der Waals surface area (Å²) in [5.41, 5.74) is -1.45. The summed E-state index contributed by atoms with van der Waals surface area (Å²) in [6.07, 6.45) is -0.982. The molecule has 2 N–H and O–H groups in total. The van der Waals surface area contributed by atoms with E-state index in [9.17, 15) is 9.59 Å². The smallest absolute Gasteiger partial charge is 0.339 e. The van der Waals surface area contributed by atoms with Crippen molar-refractivity contribution in [2.75, 3.05) is 0 Å². The standard InChI is InChI=1S/C6H8O5/c1-2-6(5(9)10)3(11-6)4(7)8/h3H,2H2,1H3,(H,7,8)(H,9,10)/t3-,6-/m1/s1. The highest BCUT2D eigenvalue weighted by Gasteiger charge is 2.66. The average molecular weight is 160 g/mol. The van der Waals surface area contributed by atoms with Crippen LogP contribution in [-0.4, -0.2) is 33.9 Å². The third kappa shape index (κ3) is 0.970. The maximum absolute atomic E-state index is 10.4. The molecule has 0 aliphatic carbocycles. The lowest BCUT2D eigenvalue weighted by molar-refractivity contribution is -0.144. The van der Waals surface area contributed by atoms with Gasteiger partial charge < -0.3 is 14.9 Å². The summed E-state index contributed by atoms with van der Waals surface area (Å²) in [5.74, 6) is -2.42. The molecule has 1 heterocycles. The van der Waals surface area contributed by atoms with Crippen molar-refractivity contribution in [2.24, 2.45) is 0 Å². The van der Waals surface area contributed by atoms with Gasteiger partial charge in [0, 0.05) is 0 Å². The lowest BCUT2D eigenvalue weighted by Gasteiger charge is -1.99. The van der Waals surface area contributed by atoms with Crippen molar-refractivity contribution in [3.05, 3.63) is 0 Å². The van der Waals surface area contributed by atoms with Crippen LogP contribution in [0.3, 0.4) is 0 Å². The van der Waals surface area contributed by atoms with Gasteiger partial charge in [-0.2, -0.15) is 0 Å². The van der Waals surface area contributed by atoms with E-state index in [1.165, 1.54) is 0 Å². The lowest BCUT2D eigenvalue weighted by Crippen LogP contribution is -2.29. The first-order valence-corrected chi connectivity index (χ1v) is 3.18. The van der Waals surface area contributed by atoms with Crippen LogP contribution in [0.2, 0.25) is 0 Å². The number of aliphatic carboxylic acids is 2. The second-order valence-electron chi connectivity index (χ2n) is 2.38. The minimum Gasteiger partial charge on any atom is -0.479 e. The number of ether oxygens (including phenoxy) is 1. The highest BCUT2D eigenvalue weighted by atomic mass is 16.6. The normalized spacial score (nSPS) is 34.8. The Hall–Kier alpha value is -1.10. The van der Waals surface area contributed by atoms with Crippen LogP contribution in [0.5, 0.6) is 0 Å². The first-order valence-electron chi connectivity index (χ1n) is 3.18. The molecule has 0 bridgehead atoms. The summed E-state index contributed by atoms with van der Waals surface area (Å²) in [7, 11) is 0. The Morgan fingerprint density at radius 1 is 1.55 bits per heavy atom. The van der Waals surface area contributed by atoms with Gasteiger partial charge in [0.2, 0.25) is 5.60 Å². The van der Waals surface area contributed by atoms with Gasteiger partial charge in [-0.05, 0) is 6.42 Å². The molecule has 1 aliphatic heterocycles. The molecule has 0 aromatic heterocycles. The Balaban J connectivity index is 2.71. The number of hydrogen-bond donors (Lipinski definition) is 2. The van der Waals surface area contributed by atoms with Crippen LogP contribution in [0.15, 0.2) is 0 Å². The summed E-state index contributed by atoms with van der Waals surface area (Å²) in [6.45, 7) is 1.58. The summed E-state index contributed by atoms with van der Waals surface area (Å²) in [6, 6.07) is 0. The SMILES string of the molecule is CC[C@@]1(C(=O)O)O[C@@H]1C(=O)O. The van der Waals surface area contributed by atoms with E-state index in [4.69, 9.17) is 10.2 Å². The molecule has 2 atom stereocenters. The number of carboxylic acid groups (broad SMARTS) is 2. The van der Waals surface area contributed by atoms with Gasteiger partial charge in [0.05, 0.1) is 0 Å². The summed E-state index contributed by atoms with van der Waals surface area (Å²) in [4.78, 5) is 20.7. The van der Waals surface area contributed by atoms with Gasteiger partial charge in [-0.3, -0.25) is 0 Å². The maximum atomic E-state index is 10.4. The van der Waals surface area contributed by atoms with Crippen molar-refractivity contribution in [2.45, 2.75) is 25.0 Å². The third-order valence-electron chi connectivity index (χ3n) is 1.81. The van der Waals surface area contributed by atoms with E-state index >= 15 is 0 Å². The van der Waals surface area contributed by atoms with Gasteiger partial charge in [-0.1, -0.05) is 6.92 Å². The zero-order valence-electron chi connectivity index (χ0n) is 5.90. The molecule has 0 aromatic rings. The zero-order chi connectivity index (χ0) is 8.65. The number of carbonyl (C=O) groups is 2. The van der Waals surface area contributed by atoms with Crippen LogP contribution in [0, 0.1) is 0 Å². The first kappa shape index (κ1) is 8.00. The molecule has 0 radical (unpaired) electrons. The van der Waals surface area contributed by atoms with Gasteiger partial charge in [0.1, 0.15) is 0 Å². The van der Waals surface area contributed by atoms with E-state index in [2.05, 4.69) is 4.74 Å². The second-order valence-corrected chi connectivity index (χ2v) is 2.38. The number of rotatable bonds is 3. The molecular formula is C6H8O5. The molecule has 1 fully saturated rings. The quantitative estimate of drug-likeness (QED) is 0.553. The van der Waals surface area contributed by atoms with Crippen molar-refractivity contribution in [3.8, 4) is 0 Å². The van der Waals surface area contributed by atoms with Crippen molar-refractivity contribution in [1.29, 1.82) is 0 Å². The fraction of sp³-hybridized carbons (Fsp3) is 0.667. The fourth-order valence-corrected chi connectivity index (χ4v) is 1.01. The first-order chi connectivity index (χ1) is 5.04. The van der Waals surface area contributed by atoms with Crippen LogP contribution in [-0.2, 0) is 14.3 Å². The molecule has 0 saturated carbocycles. The molecule has 5 nitrogen and oxygen atoms in total. The minimum absolute atomic E-state index is 0.180. The third-order valence-corrected chi connectivity index (χ3v) is 1.81. The van der Waals surface area contributed by atoms with Crippen molar-refractivity contribution >= 4 is 11.9 Å². The highest BCUT2D eigenvalue weighted by molar-refractivity contribution is 5.92. The second kappa shape index (κ2) is 2.20. The van der Waals surface area contributed by atoms with Crippen LogP contribution < -0.4 is 0 Å². The van der Waals surface area contributed by atoms with E-state index < -0.39 is 23.6 Å². The van der Waals surface area contributed by atoms with Gasteiger partial charge in [0.25, 0.3) is 0 Å². The Kier molecular flexibility index (Phi) is 1.60. The number of epoxide rings is 1. The molecule has 0 unspecified atom stereocenters. The monoisotopic (exact) mass is 160 g/mol. The molecule has 1 rings (SSSR count). The summed E-state index contributed by atoms with van der Waals surface area (Å²) in [5, 5.41) is 16.9. The van der Waals surface area contributed by atoms with Gasteiger partial charge in [0.15, 0.2) is 6.10 Å². The largest absolute Gasteiger partial charge is 0.479 e. The zero-order valence-corrected chi connectivity index (χ0v) is 5.90.